The predicted octanol–water partition coefficient (Wildman–Crippen LogP) is 4.52. The van der Waals surface area contributed by atoms with Crippen molar-refractivity contribution < 1.29 is 4.74 Å². The van der Waals surface area contributed by atoms with Crippen molar-refractivity contribution in [3.05, 3.63) is 29.3 Å². The standard InChI is InChI=1S/C16H24O/c1-4-5-6-7-9-13-10-8-11-14-12-16(2,3)17-15(13)14/h8,10-11H,4-7,9,12H2,1-3H3. The molecule has 1 aromatic carbocycles. The van der Waals surface area contributed by atoms with Gasteiger partial charge in [0.25, 0.3) is 0 Å². The number of aryl methyl sites for hydroxylation is 1. The van der Waals surface area contributed by atoms with Crippen molar-refractivity contribution >= 4 is 0 Å². The van der Waals surface area contributed by atoms with Crippen molar-refractivity contribution in [2.75, 3.05) is 0 Å². The molecule has 0 saturated heterocycles. The van der Waals surface area contributed by atoms with E-state index in [1.165, 1.54) is 49.0 Å². The molecule has 1 heterocycles. The molecule has 0 unspecified atom stereocenters. The van der Waals surface area contributed by atoms with Gasteiger partial charge in [-0.05, 0) is 37.8 Å². The molecule has 94 valence electrons. The van der Waals surface area contributed by atoms with E-state index in [-0.39, 0.29) is 5.60 Å². The fourth-order valence-corrected chi connectivity index (χ4v) is 2.62. The summed E-state index contributed by atoms with van der Waals surface area (Å²) in [6.45, 7) is 6.60. The van der Waals surface area contributed by atoms with Gasteiger partial charge in [0.2, 0.25) is 0 Å². The molecule has 1 aromatic rings. The molecule has 0 amide bonds. The third-order valence-electron chi connectivity index (χ3n) is 3.47. The van der Waals surface area contributed by atoms with Crippen LogP contribution < -0.4 is 4.74 Å². The number of ether oxygens (including phenoxy) is 1. The molecule has 0 spiro atoms. The first-order valence-electron chi connectivity index (χ1n) is 6.92. The summed E-state index contributed by atoms with van der Waals surface area (Å²) in [4.78, 5) is 0. The van der Waals surface area contributed by atoms with E-state index < -0.39 is 0 Å². The zero-order valence-electron chi connectivity index (χ0n) is 11.4. The van der Waals surface area contributed by atoms with Crippen molar-refractivity contribution in [3.63, 3.8) is 0 Å². The number of rotatable bonds is 5. The molecule has 1 nitrogen and oxygen atoms in total. The molecule has 0 aromatic heterocycles. The van der Waals surface area contributed by atoms with Gasteiger partial charge in [-0.1, -0.05) is 44.4 Å². The van der Waals surface area contributed by atoms with Crippen LogP contribution in [-0.2, 0) is 12.8 Å². The van der Waals surface area contributed by atoms with Crippen LogP contribution in [0.5, 0.6) is 5.75 Å². The van der Waals surface area contributed by atoms with Gasteiger partial charge in [0.1, 0.15) is 11.4 Å². The predicted molar refractivity (Wildman–Crippen MR) is 72.7 cm³/mol. The molecule has 0 bridgehead atoms. The van der Waals surface area contributed by atoms with Gasteiger partial charge < -0.3 is 4.74 Å². The quantitative estimate of drug-likeness (QED) is 0.678. The second-order valence-electron chi connectivity index (χ2n) is 5.75. The molecule has 0 radical (unpaired) electrons. The van der Waals surface area contributed by atoms with E-state index in [4.69, 9.17) is 4.74 Å². The van der Waals surface area contributed by atoms with E-state index >= 15 is 0 Å². The van der Waals surface area contributed by atoms with Crippen LogP contribution in [0.15, 0.2) is 18.2 Å². The molecule has 0 atom stereocenters. The molecule has 17 heavy (non-hydrogen) atoms. The zero-order chi connectivity index (χ0) is 12.3. The largest absolute Gasteiger partial charge is 0.487 e. The molecule has 0 saturated carbocycles. The number of hydrogen-bond donors (Lipinski definition) is 0. The number of para-hydroxylation sites is 1. The highest BCUT2D eigenvalue weighted by Crippen LogP contribution is 2.38. The summed E-state index contributed by atoms with van der Waals surface area (Å²) in [6.07, 6.45) is 7.49. The normalized spacial score (nSPS) is 16.6. The SMILES string of the molecule is CCCCCCc1cccc2c1OC(C)(C)C2. The molecule has 0 fully saturated rings. The van der Waals surface area contributed by atoms with Crippen LogP contribution in [0.4, 0.5) is 0 Å². The van der Waals surface area contributed by atoms with Gasteiger partial charge in [-0.15, -0.1) is 0 Å². The average Bonchev–Trinajstić information content (AvgIpc) is 2.59. The lowest BCUT2D eigenvalue weighted by Gasteiger charge is -2.18. The van der Waals surface area contributed by atoms with Gasteiger partial charge in [0.15, 0.2) is 0 Å². The summed E-state index contributed by atoms with van der Waals surface area (Å²) < 4.78 is 6.08. The average molecular weight is 232 g/mol. The molecule has 0 aliphatic carbocycles. The minimum atomic E-state index is -0.0120. The Balaban J connectivity index is 2.03. The minimum absolute atomic E-state index is 0.0120. The van der Waals surface area contributed by atoms with Crippen LogP contribution in [0.1, 0.15) is 57.6 Å². The summed E-state index contributed by atoms with van der Waals surface area (Å²) in [5.41, 5.74) is 2.79. The Morgan fingerprint density at radius 2 is 2.00 bits per heavy atom. The Morgan fingerprint density at radius 1 is 1.18 bits per heavy atom. The third-order valence-corrected chi connectivity index (χ3v) is 3.47. The summed E-state index contributed by atoms with van der Waals surface area (Å²) in [6, 6.07) is 6.62. The van der Waals surface area contributed by atoms with Crippen LogP contribution in [0.2, 0.25) is 0 Å². The highest BCUT2D eigenvalue weighted by atomic mass is 16.5. The number of benzene rings is 1. The third kappa shape index (κ3) is 3.02. The van der Waals surface area contributed by atoms with Crippen LogP contribution >= 0.6 is 0 Å². The van der Waals surface area contributed by atoms with Crippen molar-refractivity contribution in [2.24, 2.45) is 0 Å². The Morgan fingerprint density at radius 3 is 2.76 bits per heavy atom. The molecule has 1 aliphatic rings. The minimum Gasteiger partial charge on any atom is -0.487 e. The smallest absolute Gasteiger partial charge is 0.126 e. The second kappa shape index (κ2) is 5.12. The number of hydrogen-bond acceptors (Lipinski definition) is 1. The van der Waals surface area contributed by atoms with Crippen molar-refractivity contribution in [1.82, 2.24) is 0 Å². The number of fused-ring (bicyclic) bond motifs is 1. The fourth-order valence-electron chi connectivity index (χ4n) is 2.62. The maximum atomic E-state index is 6.08. The van der Waals surface area contributed by atoms with Crippen LogP contribution in [0, 0.1) is 0 Å². The van der Waals surface area contributed by atoms with Crippen LogP contribution in [-0.4, -0.2) is 5.60 Å². The van der Waals surface area contributed by atoms with E-state index in [9.17, 15) is 0 Å². The van der Waals surface area contributed by atoms with E-state index in [1.54, 1.807) is 0 Å². The topological polar surface area (TPSA) is 9.23 Å². The number of unbranched alkanes of at least 4 members (excludes halogenated alkanes) is 3. The second-order valence-corrected chi connectivity index (χ2v) is 5.75. The van der Waals surface area contributed by atoms with E-state index in [0.29, 0.717) is 0 Å². The lowest BCUT2D eigenvalue weighted by molar-refractivity contribution is 0.137. The van der Waals surface area contributed by atoms with Gasteiger partial charge in [-0.25, -0.2) is 0 Å². The van der Waals surface area contributed by atoms with Gasteiger partial charge in [-0.3, -0.25) is 0 Å². The summed E-state index contributed by atoms with van der Waals surface area (Å²) in [7, 11) is 0. The first-order valence-corrected chi connectivity index (χ1v) is 6.92. The molecule has 1 aliphatic heterocycles. The van der Waals surface area contributed by atoms with E-state index in [2.05, 4.69) is 39.0 Å². The Kier molecular flexibility index (Phi) is 3.76. The van der Waals surface area contributed by atoms with Gasteiger partial charge in [-0.2, -0.15) is 0 Å². The Bertz CT molecular complexity index is 379. The van der Waals surface area contributed by atoms with Gasteiger partial charge in [0, 0.05) is 6.42 Å². The lowest BCUT2D eigenvalue weighted by Crippen LogP contribution is -2.24. The molecular formula is C16H24O. The monoisotopic (exact) mass is 232 g/mol. The summed E-state index contributed by atoms with van der Waals surface area (Å²) in [5, 5.41) is 0. The van der Waals surface area contributed by atoms with Crippen molar-refractivity contribution in [2.45, 2.75) is 64.9 Å². The highest BCUT2D eigenvalue weighted by molar-refractivity contribution is 5.45. The first kappa shape index (κ1) is 12.5. The fraction of sp³-hybridized carbons (Fsp3) is 0.625. The van der Waals surface area contributed by atoms with Crippen LogP contribution in [0.3, 0.4) is 0 Å². The van der Waals surface area contributed by atoms with Gasteiger partial charge >= 0.3 is 0 Å². The summed E-state index contributed by atoms with van der Waals surface area (Å²) >= 11 is 0. The van der Waals surface area contributed by atoms with E-state index in [0.717, 1.165) is 6.42 Å². The lowest BCUT2D eigenvalue weighted by atomic mass is 9.98. The van der Waals surface area contributed by atoms with Crippen molar-refractivity contribution in [3.8, 4) is 5.75 Å². The van der Waals surface area contributed by atoms with Crippen LogP contribution in [0.25, 0.3) is 0 Å². The van der Waals surface area contributed by atoms with Gasteiger partial charge in [0.05, 0.1) is 0 Å². The maximum absolute atomic E-state index is 6.08. The molecule has 2 rings (SSSR count). The maximum Gasteiger partial charge on any atom is 0.126 e. The first-order chi connectivity index (χ1) is 8.12. The Labute approximate surface area is 105 Å². The molecule has 1 heteroatoms. The molecular weight excluding hydrogens is 208 g/mol. The summed E-state index contributed by atoms with van der Waals surface area (Å²) in [5.74, 6) is 1.17. The molecule has 0 N–H and O–H groups in total. The Hall–Kier alpha value is -0.980. The zero-order valence-corrected chi connectivity index (χ0v) is 11.4. The van der Waals surface area contributed by atoms with E-state index in [1.807, 2.05) is 0 Å². The highest BCUT2D eigenvalue weighted by Gasteiger charge is 2.31. The van der Waals surface area contributed by atoms with Crippen molar-refractivity contribution in [1.29, 1.82) is 0 Å².